The monoisotopic (exact) mass is 830 g/mol. The molecular weight excluding hydrogens is 773 g/mol. The van der Waals surface area contributed by atoms with Gasteiger partial charge < -0.3 is 50.0 Å². The van der Waals surface area contributed by atoms with Gasteiger partial charge in [-0.2, -0.15) is 0 Å². The van der Waals surface area contributed by atoms with Gasteiger partial charge in [0.05, 0.1) is 14.2 Å². The van der Waals surface area contributed by atoms with E-state index in [1.165, 1.54) is 30.3 Å². The second kappa shape index (κ2) is 19.3. The maximum atomic E-state index is 13.6. The second-order valence-corrected chi connectivity index (χ2v) is 17.3. The third-order valence-electron chi connectivity index (χ3n) is 10.7. The highest BCUT2D eigenvalue weighted by atomic mass is 16.5. The molecule has 1 unspecified atom stereocenters. The lowest BCUT2D eigenvalue weighted by Gasteiger charge is -2.35. The number of aromatic nitrogens is 1. The van der Waals surface area contributed by atoms with Crippen LogP contribution in [-0.4, -0.2) is 102 Å². The summed E-state index contributed by atoms with van der Waals surface area (Å²) in [6, 6.07) is 13.5. The van der Waals surface area contributed by atoms with E-state index in [9.17, 15) is 28.8 Å². The zero-order chi connectivity index (χ0) is 43.8. The minimum atomic E-state index is -0.873. The number of rotatable bonds is 13. The molecular formula is C43H58N8O9. The fraction of sp³-hybridized carbons (Fsp3) is 0.512. The van der Waals surface area contributed by atoms with Crippen molar-refractivity contribution in [1.29, 1.82) is 0 Å². The van der Waals surface area contributed by atoms with Crippen LogP contribution in [0.4, 0.5) is 26.8 Å². The van der Waals surface area contributed by atoms with Gasteiger partial charge in [-0.05, 0) is 71.9 Å². The Morgan fingerprint density at radius 1 is 0.683 bits per heavy atom. The number of amides is 6. The van der Waals surface area contributed by atoms with Gasteiger partial charge in [0, 0.05) is 43.6 Å². The van der Waals surface area contributed by atoms with Crippen LogP contribution >= 0.6 is 0 Å². The van der Waals surface area contributed by atoms with Crippen LogP contribution in [0.5, 0.6) is 0 Å². The highest BCUT2D eigenvalue weighted by Gasteiger charge is 2.43. The minimum absolute atomic E-state index is 0.306. The number of hydrogen-bond acceptors (Lipinski definition) is 11. The molecule has 5 rings (SSSR count). The molecule has 2 fully saturated rings. The first-order chi connectivity index (χ1) is 28.4. The summed E-state index contributed by atoms with van der Waals surface area (Å²) in [6.07, 6.45) is 2.39. The van der Waals surface area contributed by atoms with E-state index < -0.39 is 47.2 Å². The molecule has 2 aliphatic heterocycles. The molecule has 2 aromatic carbocycles. The van der Waals surface area contributed by atoms with E-state index in [1.54, 1.807) is 6.07 Å². The first-order valence-corrected chi connectivity index (χ1v) is 20.1. The Kier molecular flexibility index (Phi) is 14.5. The van der Waals surface area contributed by atoms with Crippen molar-refractivity contribution in [1.82, 2.24) is 25.6 Å². The second-order valence-electron chi connectivity index (χ2n) is 17.3. The van der Waals surface area contributed by atoms with E-state index in [0.717, 1.165) is 11.1 Å². The van der Waals surface area contributed by atoms with Gasteiger partial charge in [-0.3, -0.25) is 19.2 Å². The zero-order valence-corrected chi connectivity index (χ0v) is 35.7. The van der Waals surface area contributed by atoms with Crippen LogP contribution in [0.1, 0.15) is 78.4 Å². The molecule has 60 heavy (non-hydrogen) atoms. The average molecular weight is 831 g/mol. The van der Waals surface area contributed by atoms with Crippen molar-refractivity contribution in [2.24, 2.45) is 10.8 Å². The van der Waals surface area contributed by atoms with Crippen molar-refractivity contribution in [3.8, 4) is 0 Å². The van der Waals surface area contributed by atoms with Crippen molar-refractivity contribution in [3.63, 3.8) is 0 Å². The van der Waals surface area contributed by atoms with Gasteiger partial charge in [0.25, 0.3) is 0 Å². The summed E-state index contributed by atoms with van der Waals surface area (Å²) < 4.78 is 14.6. The fourth-order valence-corrected chi connectivity index (χ4v) is 7.45. The molecule has 4 N–H and O–H groups in total. The molecule has 4 atom stereocenters. The minimum Gasteiger partial charge on any atom is -0.453 e. The number of benzene rings is 2. The largest absolute Gasteiger partial charge is 0.453 e. The first kappa shape index (κ1) is 45.0. The molecule has 3 aromatic rings. The molecule has 0 spiro atoms. The average Bonchev–Trinajstić information content (AvgIpc) is 4.02. The number of alkyl carbamates (subject to hydrolysis) is 2. The van der Waals surface area contributed by atoms with Crippen LogP contribution in [0.25, 0.3) is 0 Å². The van der Waals surface area contributed by atoms with E-state index in [2.05, 4.69) is 26.4 Å². The quantitative estimate of drug-likeness (QED) is 0.174. The molecule has 0 saturated carbocycles. The van der Waals surface area contributed by atoms with Crippen LogP contribution in [0.3, 0.4) is 0 Å². The van der Waals surface area contributed by atoms with Gasteiger partial charge in [-0.25, -0.2) is 9.59 Å². The van der Waals surface area contributed by atoms with Crippen LogP contribution in [0.15, 0.2) is 65.4 Å². The summed E-state index contributed by atoms with van der Waals surface area (Å²) in [5.74, 6) is -0.663. The summed E-state index contributed by atoms with van der Waals surface area (Å²) in [6.45, 7) is 12.8. The Morgan fingerprint density at radius 3 is 1.42 bits per heavy atom. The number of carbonyl (C=O) groups excluding carboxylic acids is 6. The van der Waals surface area contributed by atoms with E-state index in [-0.39, 0.29) is 23.6 Å². The molecule has 2 aliphatic rings. The molecule has 2 saturated heterocycles. The molecule has 17 nitrogen and oxygen atoms in total. The Hall–Kier alpha value is -6.13. The van der Waals surface area contributed by atoms with Gasteiger partial charge in [0.1, 0.15) is 30.4 Å². The number of anilines is 3. The molecule has 0 bridgehead atoms. The Morgan fingerprint density at radius 2 is 1.08 bits per heavy atom. The molecule has 6 amide bonds. The molecule has 17 heteroatoms. The number of likely N-dealkylation sites (tertiary alicyclic amines) is 2. The van der Waals surface area contributed by atoms with Gasteiger partial charge in [-0.15, -0.1) is 0 Å². The highest BCUT2D eigenvalue weighted by molar-refractivity contribution is 6.00. The van der Waals surface area contributed by atoms with Crippen LogP contribution in [0, 0.1) is 10.8 Å². The fourth-order valence-electron chi connectivity index (χ4n) is 7.45. The number of nitrogens with zero attached hydrogens (tertiary/aromatic N) is 4. The van der Waals surface area contributed by atoms with Gasteiger partial charge in [0.15, 0.2) is 5.82 Å². The van der Waals surface area contributed by atoms with E-state index in [1.807, 2.05) is 95.0 Å². The lowest BCUT2D eigenvalue weighted by atomic mass is 9.85. The number of nitrogens with one attached hydrogen (secondary N) is 4. The number of methoxy groups -OCH3 is 2. The van der Waals surface area contributed by atoms with Crippen molar-refractivity contribution in [2.45, 2.75) is 104 Å². The lowest BCUT2D eigenvalue weighted by Crippen LogP contribution is -2.57. The molecule has 0 radical (unpaired) electrons. The Labute approximate surface area is 350 Å². The Balaban J connectivity index is 1.20. The van der Waals surface area contributed by atoms with Gasteiger partial charge in [-0.1, -0.05) is 71.0 Å². The summed E-state index contributed by atoms with van der Waals surface area (Å²) >= 11 is 0. The number of ether oxygens (including phenoxy) is 2. The maximum Gasteiger partial charge on any atom is 0.407 e. The van der Waals surface area contributed by atoms with E-state index >= 15 is 0 Å². The van der Waals surface area contributed by atoms with Gasteiger partial charge in [0.2, 0.25) is 23.6 Å². The topological polar surface area (TPSA) is 205 Å². The smallest absolute Gasteiger partial charge is 0.407 e. The van der Waals surface area contributed by atoms with Crippen LogP contribution in [-0.2, 0) is 41.7 Å². The molecule has 324 valence electrons. The normalized spacial score (nSPS) is 17.6. The van der Waals surface area contributed by atoms with Crippen molar-refractivity contribution >= 4 is 53.0 Å². The third-order valence-corrected chi connectivity index (χ3v) is 10.7. The standard InChI is InChI=1S/C43H58N8O9/c1-42(2,3)34(46-40(56)58-7)38(54)50-22-9-11-31(50)36(52)44-29-17-13-27(14-18-29)25-49(33-21-24-60-48-33)26-28-15-19-30(20-16-28)45-37(53)32-12-10-23-51(32)39(55)35(43(4,5)6)47-41(57)59-8/h13-21,24,31-32,34-35H,9-12,22-23,25-26H2,1-8H3,(H,44,52)(H,45,53)(H,46,56)(H,47,57)/t31-,32-,34+,35?/m0/s1. The SMILES string of the molecule is COC(=O)NC(C(=O)N1CCC[C@H]1C(=O)Nc1ccc(CN(Cc2ccc(NC(=O)[C@@H]3CCCN3C(=O)[C@@H](NC(=O)OC)C(C)(C)C)cc2)c2ccon2)cc1)C(C)(C)C. The van der Waals surface area contributed by atoms with Crippen molar-refractivity contribution in [3.05, 3.63) is 72.0 Å². The van der Waals surface area contributed by atoms with E-state index in [4.69, 9.17) is 14.0 Å². The van der Waals surface area contributed by atoms with Crippen molar-refractivity contribution in [2.75, 3.05) is 42.8 Å². The Bertz CT molecular complexity index is 1850. The van der Waals surface area contributed by atoms with E-state index in [0.29, 0.717) is 69.1 Å². The summed E-state index contributed by atoms with van der Waals surface area (Å²) in [5, 5.41) is 15.3. The zero-order valence-electron chi connectivity index (χ0n) is 35.7. The number of hydrogen-bond donors (Lipinski definition) is 4. The van der Waals surface area contributed by atoms with Crippen molar-refractivity contribution < 1.29 is 42.8 Å². The van der Waals surface area contributed by atoms with Crippen LogP contribution < -0.4 is 26.2 Å². The molecule has 0 aliphatic carbocycles. The summed E-state index contributed by atoms with van der Waals surface area (Å²) in [7, 11) is 2.48. The maximum absolute atomic E-state index is 13.6. The number of carbonyl (C=O) groups is 6. The highest BCUT2D eigenvalue weighted by Crippen LogP contribution is 2.29. The molecule has 3 heterocycles. The molecule has 1 aromatic heterocycles. The predicted molar refractivity (Wildman–Crippen MR) is 224 cm³/mol. The summed E-state index contributed by atoms with van der Waals surface area (Å²) in [4.78, 5) is 83.4. The predicted octanol–water partition coefficient (Wildman–Crippen LogP) is 5.28. The summed E-state index contributed by atoms with van der Waals surface area (Å²) in [5.41, 5.74) is 1.80. The third kappa shape index (κ3) is 11.3. The first-order valence-electron chi connectivity index (χ1n) is 20.1. The van der Waals surface area contributed by atoms with Gasteiger partial charge >= 0.3 is 12.2 Å². The lowest BCUT2D eigenvalue weighted by molar-refractivity contribution is -0.140. The van der Waals surface area contributed by atoms with Crippen LogP contribution in [0.2, 0.25) is 0 Å².